The van der Waals surface area contributed by atoms with Crippen molar-refractivity contribution in [2.45, 2.75) is 32.9 Å². The highest BCUT2D eigenvalue weighted by Gasteiger charge is 2.27. The van der Waals surface area contributed by atoms with E-state index in [1.807, 2.05) is 12.1 Å². The number of hydrogen-bond acceptors (Lipinski definition) is 7. The van der Waals surface area contributed by atoms with Crippen LogP contribution in [0.15, 0.2) is 36.8 Å². The molecule has 0 amide bonds. The number of benzene rings is 1. The molecule has 146 valence electrons. The van der Waals surface area contributed by atoms with Crippen LogP contribution in [0.4, 0.5) is 5.95 Å². The van der Waals surface area contributed by atoms with Crippen molar-refractivity contribution in [3.63, 3.8) is 0 Å². The number of nitrogens with one attached hydrogen (secondary N) is 2. The fourth-order valence-electron chi connectivity index (χ4n) is 3.55. The molecule has 1 aromatic carbocycles. The molecule has 0 spiro atoms. The first-order valence-electron chi connectivity index (χ1n) is 9.54. The van der Waals surface area contributed by atoms with Crippen LogP contribution in [0.1, 0.15) is 20.8 Å². The molecular formula is C20H25N7O. The molecule has 3 N–H and O–H groups in total. The molecule has 1 aliphatic heterocycles. The molecule has 0 aliphatic carbocycles. The van der Waals surface area contributed by atoms with Gasteiger partial charge in [-0.2, -0.15) is 5.10 Å². The van der Waals surface area contributed by atoms with Crippen molar-refractivity contribution in [3.8, 4) is 28.1 Å². The van der Waals surface area contributed by atoms with Crippen LogP contribution in [-0.4, -0.2) is 55.7 Å². The Morgan fingerprint density at radius 3 is 2.64 bits per heavy atom. The minimum absolute atomic E-state index is 0.137. The maximum absolute atomic E-state index is 10.4. The first-order chi connectivity index (χ1) is 13.5. The van der Waals surface area contributed by atoms with Crippen molar-refractivity contribution < 1.29 is 5.11 Å². The minimum Gasteiger partial charge on any atom is -0.507 e. The van der Waals surface area contributed by atoms with Crippen molar-refractivity contribution in [1.29, 1.82) is 0 Å². The Morgan fingerprint density at radius 1 is 1.14 bits per heavy atom. The molecule has 0 saturated carbocycles. The Bertz CT molecular complexity index is 924. The van der Waals surface area contributed by atoms with Crippen molar-refractivity contribution in [2.75, 3.05) is 18.0 Å². The number of H-pyrrole nitrogens is 1. The van der Waals surface area contributed by atoms with Gasteiger partial charge >= 0.3 is 0 Å². The number of anilines is 1. The van der Waals surface area contributed by atoms with E-state index >= 15 is 0 Å². The standard InChI is InChI=1S/C20H25N7O/c1-12(2)18-11-27(10-13(3)24-18)20-21-9-17(25-26-20)16-5-4-14(6-19(16)28)15-7-22-23-8-15/h4-9,12-13,18,24,28H,10-11H2,1-3H3,(H,22,23)/t13-,18-/m0/s1. The van der Waals surface area contributed by atoms with E-state index in [2.05, 4.69) is 56.4 Å². The number of hydrogen-bond donors (Lipinski definition) is 3. The van der Waals surface area contributed by atoms with Gasteiger partial charge in [-0.1, -0.05) is 19.9 Å². The van der Waals surface area contributed by atoms with Gasteiger partial charge in [0.1, 0.15) is 11.4 Å². The van der Waals surface area contributed by atoms with Crippen LogP contribution in [0.25, 0.3) is 22.4 Å². The summed E-state index contributed by atoms with van der Waals surface area (Å²) in [5.74, 6) is 1.29. The number of phenols is 1. The highest BCUT2D eigenvalue weighted by atomic mass is 16.3. The molecule has 8 heteroatoms. The quantitative estimate of drug-likeness (QED) is 0.640. The summed E-state index contributed by atoms with van der Waals surface area (Å²) in [6.07, 6.45) is 5.17. The van der Waals surface area contributed by atoms with Gasteiger partial charge in [0.25, 0.3) is 0 Å². The number of aromatic amines is 1. The average molecular weight is 379 g/mol. The Kier molecular flexibility index (Phi) is 4.95. The van der Waals surface area contributed by atoms with E-state index in [0.717, 1.165) is 24.2 Å². The molecule has 2 aromatic heterocycles. The van der Waals surface area contributed by atoms with Crippen molar-refractivity contribution in [2.24, 2.45) is 5.92 Å². The van der Waals surface area contributed by atoms with Crippen LogP contribution < -0.4 is 10.2 Å². The van der Waals surface area contributed by atoms with E-state index in [1.54, 1.807) is 24.7 Å². The molecule has 1 aliphatic rings. The summed E-state index contributed by atoms with van der Waals surface area (Å²) in [5, 5.41) is 29.4. The predicted molar refractivity (Wildman–Crippen MR) is 108 cm³/mol. The molecule has 2 atom stereocenters. The third kappa shape index (κ3) is 3.68. The lowest BCUT2D eigenvalue weighted by molar-refractivity contribution is 0.319. The third-order valence-electron chi connectivity index (χ3n) is 5.15. The lowest BCUT2D eigenvalue weighted by Crippen LogP contribution is -2.57. The second kappa shape index (κ2) is 7.55. The topological polar surface area (TPSA) is 103 Å². The normalized spacial score (nSPS) is 19.9. The number of piperazine rings is 1. The number of aromatic hydroxyl groups is 1. The summed E-state index contributed by atoms with van der Waals surface area (Å²) in [5.41, 5.74) is 2.94. The molecule has 3 aromatic rings. The molecule has 0 radical (unpaired) electrons. The third-order valence-corrected chi connectivity index (χ3v) is 5.15. The maximum atomic E-state index is 10.4. The van der Waals surface area contributed by atoms with E-state index in [-0.39, 0.29) is 5.75 Å². The summed E-state index contributed by atoms with van der Waals surface area (Å²) in [6.45, 7) is 8.30. The van der Waals surface area contributed by atoms with E-state index < -0.39 is 0 Å². The van der Waals surface area contributed by atoms with Gasteiger partial charge in [0.15, 0.2) is 0 Å². The average Bonchev–Trinajstić information content (AvgIpc) is 3.22. The number of phenolic OH excluding ortho intramolecular Hbond substituents is 1. The zero-order chi connectivity index (χ0) is 19.7. The molecule has 0 unspecified atom stereocenters. The van der Waals surface area contributed by atoms with Crippen LogP contribution in [-0.2, 0) is 0 Å². The summed E-state index contributed by atoms with van der Waals surface area (Å²) >= 11 is 0. The summed E-state index contributed by atoms with van der Waals surface area (Å²) in [4.78, 5) is 6.69. The van der Waals surface area contributed by atoms with Crippen LogP contribution in [0, 0.1) is 5.92 Å². The lowest BCUT2D eigenvalue weighted by Gasteiger charge is -2.39. The Morgan fingerprint density at radius 2 is 2.00 bits per heavy atom. The Hall–Kier alpha value is -3.00. The van der Waals surface area contributed by atoms with Gasteiger partial charge in [0.05, 0.1) is 12.4 Å². The minimum atomic E-state index is 0.137. The first-order valence-corrected chi connectivity index (χ1v) is 9.54. The number of rotatable bonds is 4. The van der Waals surface area contributed by atoms with Gasteiger partial charge in [-0.25, -0.2) is 4.98 Å². The van der Waals surface area contributed by atoms with Crippen molar-refractivity contribution >= 4 is 5.95 Å². The van der Waals surface area contributed by atoms with Crippen LogP contribution in [0.3, 0.4) is 0 Å². The van der Waals surface area contributed by atoms with Crippen LogP contribution in [0.2, 0.25) is 0 Å². The van der Waals surface area contributed by atoms with E-state index in [9.17, 15) is 5.11 Å². The van der Waals surface area contributed by atoms with E-state index in [1.165, 1.54) is 0 Å². The van der Waals surface area contributed by atoms with Gasteiger partial charge < -0.3 is 15.3 Å². The fourth-order valence-corrected chi connectivity index (χ4v) is 3.55. The predicted octanol–water partition coefficient (Wildman–Crippen LogP) is 2.46. The largest absolute Gasteiger partial charge is 0.507 e. The summed E-state index contributed by atoms with van der Waals surface area (Å²) in [7, 11) is 0. The van der Waals surface area contributed by atoms with Gasteiger partial charge in [0.2, 0.25) is 5.95 Å². The first kappa shape index (κ1) is 18.4. The molecular weight excluding hydrogens is 354 g/mol. The molecule has 28 heavy (non-hydrogen) atoms. The van der Waals surface area contributed by atoms with Gasteiger partial charge in [-0.15, -0.1) is 10.2 Å². The summed E-state index contributed by atoms with van der Waals surface area (Å²) in [6, 6.07) is 6.20. The van der Waals surface area contributed by atoms with Gasteiger partial charge in [-0.3, -0.25) is 5.10 Å². The van der Waals surface area contributed by atoms with E-state index in [4.69, 9.17) is 0 Å². The maximum Gasteiger partial charge on any atom is 0.245 e. The SMILES string of the molecule is CC(C)[C@@H]1CN(c2ncc(-c3ccc(-c4cn[nH]c4)cc3O)nn2)C[C@H](C)N1. The zero-order valence-electron chi connectivity index (χ0n) is 16.3. The highest BCUT2D eigenvalue weighted by Crippen LogP contribution is 2.32. The molecule has 3 heterocycles. The summed E-state index contributed by atoms with van der Waals surface area (Å²) < 4.78 is 0. The lowest BCUT2D eigenvalue weighted by atomic mass is 10.00. The second-order valence-corrected chi connectivity index (χ2v) is 7.69. The van der Waals surface area contributed by atoms with Gasteiger partial charge in [-0.05, 0) is 30.5 Å². The zero-order valence-corrected chi connectivity index (χ0v) is 16.3. The molecule has 1 fully saturated rings. The molecule has 0 bridgehead atoms. The van der Waals surface area contributed by atoms with Gasteiger partial charge in [0, 0.05) is 42.5 Å². The molecule has 1 saturated heterocycles. The second-order valence-electron chi connectivity index (χ2n) is 7.69. The number of aromatic nitrogens is 5. The number of nitrogens with zero attached hydrogens (tertiary/aromatic N) is 5. The Labute approximate surface area is 164 Å². The van der Waals surface area contributed by atoms with Crippen molar-refractivity contribution in [1.82, 2.24) is 30.7 Å². The van der Waals surface area contributed by atoms with Crippen LogP contribution in [0.5, 0.6) is 5.75 Å². The molecule has 4 rings (SSSR count). The monoisotopic (exact) mass is 379 g/mol. The molecule has 8 nitrogen and oxygen atoms in total. The van der Waals surface area contributed by atoms with Crippen molar-refractivity contribution in [3.05, 3.63) is 36.8 Å². The van der Waals surface area contributed by atoms with E-state index in [0.29, 0.717) is 35.2 Å². The fraction of sp³-hybridized carbons (Fsp3) is 0.400. The van der Waals surface area contributed by atoms with Crippen LogP contribution >= 0.6 is 0 Å². The smallest absolute Gasteiger partial charge is 0.245 e. The Balaban J connectivity index is 1.55. The highest BCUT2D eigenvalue weighted by molar-refractivity contribution is 5.73.